The molecular weight excluding hydrogens is 436 g/mol. The van der Waals surface area contributed by atoms with Crippen LogP contribution in [0.25, 0.3) is 11.0 Å². The summed E-state index contributed by atoms with van der Waals surface area (Å²) >= 11 is 0. The van der Waals surface area contributed by atoms with E-state index in [0.717, 1.165) is 35.3 Å². The third-order valence-corrected chi connectivity index (χ3v) is 6.76. The topological polar surface area (TPSA) is 120 Å². The number of hydrogen-bond donors (Lipinski definition) is 2. The number of carbonyl (C=O) groups excluding carboxylic acids is 2. The SMILES string of the molecule is O=C(O)[C@H](CCCN1C(=O)c2ccccc2C1=O)CC(=NO)c1ccc2c3c(oc2c1)CCC3. The summed E-state index contributed by atoms with van der Waals surface area (Å²) in [6.45, 7) is 0.131. The van der Waals surface area contributed by atoms with Gasteiger partial charge in [0.15, 0.2) is 0 Å². The average molecular weight is 460 g/mol. The molecule has 2 amide bonds. The molecule has 0 saturated heterocycles. The Kier molecular flexibility index (Phi) is 5.65. The summed E-state index contributed by atoms with van der Waals surface area (Å²) in [5.41, 5.74) is 3.54. The molecule has 174 valence electrons. The highest BCUT2D eigenvalue weighted by molar-refractivity contribution is 6.21. The number of imide groups is 1. The molecule has 1 aromatic heterocycles. The third-order valence-electron chi connectivity index (χ3n) is 6.76. The van der Waals surface area contributed by atoms with Crippen LogP contribution in [0.3, 0.4) is 0 Å². The van der Waals surface area contributed by atoms with E-state index in [4.69, 9.17) is 4.42 Å². The van der Waals surface area contributed by atoms with Gasteiger partial charge >= 0.3 is 5.97 Å². The molecule has 2 aliphatic rings. The molecule has 8 heteroatoms. The second kappa shape index (κ2) is 8.78. The van der Waals surface area contributed by atoms with Gasteiger partial charge in [-0.25, -0.2) is 0 Å². The molecular formula is C26H24N2O6. The molecule has 0 spiro atoms. The molecule has 0 fully saturated rings. The smallest absolute Gasteiger partial charge is 0.306 e. The molecule has 0 bridgehead atoms. The summed E-state index contributed by atoms with van der Waals surface area (Å²) in [6.07, 6.45) is 3.53. The van der Waals surface area contributed by atoms with Gasteiger partial charge in [-0.2, -0.15) is 0 Å². The van der Waals surface area contributed by atoms with Crippen molar-refractivity contribution in [1.82, 2.24) is 4.90 Å². The Morgan fingerprint density at radius 2 is 1.82 bits per heavy atom. The fourth-order valence-electron chi connectivity index (χ4n) is 4.98. The van der Waals surface area contributed by atoms with Crippen LogP contribution in [0, 0.1) is 5.92 Å². The molecule has 0 saturated carbocycles. The molecule has 1 aliphatic carbocycles. The zero-order valence-corrected chi connectivity index (χ0v) is 18.5. The van der Waals surface area contributed by atoms with Crippen LogP contribution < -0.4 is 0 Å². The highest BCUT2D eigenvalue weighted by atomic mass is 16.4. The van der Waals surface area contributed by atoms with Crippen LogP contribution >= 0.6 is 0 Å². The Morgan fingerprint density at radius 1 is 1.09 bits per heavy atom. The van der Waals surface area contributed by atoms with Crippen molar-refractivity contribution in [2.45, 2.75) is 38.5 Å². The van der Waals surface area contributed by atoms with E-state index in [-0.39, 0.29) is 36.9 Å². The van der Waals surface area contributed by atoms with Crippen LogP contribution in [0.1, 0.15) is 63.3 Å². The van der Waals surface area contributed by atoms with E-state index in [1.165, 1.54) is 5.56 Å². The Morgan fingerprint density at radius 3 is 2.50 bits per heavy atom. The van der Waals surface area contributed by atoms with E-state index in [1.807, 2.05) is 12.1 Å². The summed E-state index contributed by atoms with van der Waals surface area (Å²) in [4.78, 5) is 38.1. The minimum absolute atomic E-state index is 0.0138. The van der Waals surface area contributed by atoms with Crippen LogP contribution in [0.5, 0.6) is 0 Å². The molecule has 2 heterocycles. The summed E-state index contributed by atoms with van der Waals surface area (Å²) in [6, 6.07) is 12.2. The maximum absolute atomic E-state index is 12.5. The Bertz CT molecular complexity index is 1300. The Hall–Kier alpha value is -3.94. The van der Waals surface area contributed by atoms with E-state index in [2.05, 4.69) is 5.16 Å². The second-order valence-electron chi connectivity index (χ2n) is 8.80. The number of fused-ring (bicyclic) bond motifs is 4. The van der Waals surface area contributed by atoms with Gasteiger partial charge in [-0.3, -0.25) is 19.3 Å². The molecule has 0 radical (unpaired) electrons. The lowest BCUT2D eigenvalue weighted by atomic mass is 9.93. The number of furan rings is 1. The Labute approximate surface area is 195 Å². The maximum Gasteiger partial charge on any atom is 0.306 e. The van der Waals surface area contributed by atoms with Gasteiger partial charge < -0.3 is 14.7 Å². The van der Waals surface area contributed by atoms with Gasteiger partial charge in [0.2, 0.25) is 0 Å². The summed E-state index contributed by atoms with van der Waals surface area (Å²) < 4.78 is 5.94. The van der Waals surface area contributed by atoms with Gasteiger partial charge in [-0.05, 0) is 43.9 Å². The molecule has 0 unspecified atom stereocenters. The van der Waals surface area contributed by atoms with Crippen LogP contribution in [0.15, 0.2) is 52.0 Å². The first-order valence-corrected chi connectivity index (χ1v) is 11.4. The van der Waals surface area contributed by atoms with Crippen molar-refractivity contribution >= 4 is 34.5 Å². The number of aliphatic carboxylic acids is 1. The normalized spacial score (nSPS) is 16.2. The molecule has 1 atom stereocenters. The minimum Gasteiger partial charge on any atom is -0.481 e. The van der Waals surface area contributed by atoms with Gasteiger partial charge in [0.25, 0.3) is 11.8 Å². The predicted molar refractivity (Wildman–Crippen MR) is 123 cm³/mol. The van der Waals surface area contributed by atoms with Crippen molar-refractivity contribution in [3.8, 4) is 0 Å². The standard InChI is InChI=1S/C26H24N2O6/c29-24-19-6-1-2-7-20(19)25(30)28(24)12-4-5-16(26(31)32)13-21(27-33)15-10-11-18-17-8-3-9-22(17)34-23(18)14-15/h1-2,6-7,10-11,14,16,33H,3-5,8-9,12-13H2,(H,31,32)/t16-/m1/s1. The van der Waals surface area contributed by atoms with E-state index < -0.39 is 11.9 Å². The fraction of sp³-hybridized carbons (Fsp3) is 0.308. The lowest BCUT2D eigenvalue weighted by Gasteiger charge is -2.17. The highest BCUT2D eigenvalue weighted by Crippen LogP contribution is 2.33. The molecule has 2 N–H and O–H groups in total. The Balaban J connectivity index is 1.25. The van der Waals surface area contributed by atoms with Gasteiger partial charge in [-0.1, -0.05) is 29.4 Å². The highest BCUT2D eigenvalue weighted by Gasteiger charge is 2.35. The molecule has 5 rings (SSSR count). The number of amides is 2. The number of hydrogen-bond acceptors (Lipinski definition) is 6. The molecule has 8 nitrogen and oxygen atoms in total. The van der Waals surface area contributed by atoms with Gasteiger partial charge in [0, 0.05) is 35.9 Å². The van der Waals surface area contributed by atoms with E-state index >= 15 is 0 Å². The number of carboxylic acids is 1. The first kappa shape index (κ1) is 21.9. The van der Waals surface area contributed by atoms with E-state index in [1.54, 1.807) is 30.3 Å². The molecule has 34 heavy (non-hydrogen) atoms. The van der Waals surface area contributed by atoms with Gasteiger partial charge in [-0.15, -0.1) is 0 Å². The molecule has 2 aromatic carbocycles. The second-order valence-corrected chi connectivity index (χ2v) is 8.80. The number of aryl methyl sites for hydroxylation is 2. The third kappa shape index (κ3) is 3.75. The van der Waals surface area contributed by atoms with Crippen LogP contribution in [-0.2, 0) is 17.6 Å². The fourth-order valence-corrected chi connectivity index (χ4v) is 4.98. The van der Waals surface area contributed by atoms with Crippen LogP contribution in [0.2, 0.25) is 0 Å². The van der Waals surface area contributed by atoms with Crippen molar-refractivity contribution in [1.29, 1.82) is 0 Å². The van der Waals surface area contributed by atoms with Crippen molar-refractivity contribution in [3.05, 3.63) is 70.5 Å². The number of carboxylic acid groups (broad SMARTS) is 1. The summed E-state index contributed by atoms with van der Waals surface area (Å²) in [7, 11) is 0. The van der Waals surface area contributed by atoms with Gasteiger partial charge in [0.05, 0.1) is 22.8 Å². The van der Waals surface area contributed by atoms with Crippen LogP contribution in [0.4, 0.5) is 0 Å². The number of carbonyl (C=O) groups is 3. The van der Waals surface area contributed by atoms with Crippen molar-refractivity contribution in [2.75, 3.05) is 6.54 Å². The molecule has 1 aliphatic heterocycles. The van der Waals surface area contributed by atoms with Crippen molar-refractivity contribution in [3.63, 3.8) is 0 Å². The lowest BCUT2D eigenvalue weighted by Crippen LogP contribution is -2.31. The molecule has 3 aromatic rings. The number of nitrogens with zero attached hydrogens (tertiary/aromatic N) is 2. The zero-order valence-electron chi connectivity index (χ0n) is 18.5. The number of rotatable bonds is 8. The lowest BCUT2D eigenvalue weighted by molar-refractivity contribution is -0.141. The van der Waals surface area contributed by atoms with E-state index in [9.17, 15) is 24.7 Å². The number of benzene rings is 2. The first-order chi connectivity index (χ1) is 16.5. The first-order valence-electron chi connectivity index (χ1n) is 11.4. The summed E-state index contributed by atoms with van der Waals surface area (Å²) in [5.74, 6) is -1.58. The zero-order chi connectivity index (χ0) is 23.8. The maximum atomic E-state index is 12.5. The number of oxime groups is 1. The minimum atomic E-state index is -1.03. The van der Waals surface area contributed by atoms with Gasteiger partial charge in [0.1, 0.15) is 11.3 Å². The average Bonchev–Trinajstić information content (AvgIpc) is 3.49. The largest absolute Gasteiger partial charge is 0.481 e. The van der Waals surface area contributed by atoms with Crippen LogP contribution in [-0.4, -0.2) is 45.3 Å². The van der Waals surface area contributed by atoms with Crippen molar-refractivity contribution < 1.29 is 29.1 Å². The van der Waals surface area contributed by atoms with Crippen molar-refractivity contribution in [2.24, 2.45) is 11.1 Å². The monoisotopic (exact) mass is 460 g/mol. The summed E-state index contributed by atoms with van der Waals surface area (Å²) in [5, 5.41) is 23.8. The van der Waals surface area contributed by atoms with E-state index in [0.29, 0.717) is 28.7 Å². The predicted octanol–water partition coefficient (Wildman–Crippen LogP) is 4.27. The quantitative estimate of drug-likeness (QED) is 0.224.